The van der Waals surface area contributed by atoms with E-state index >= 15 is 0 Å². The monoisotopic (exact) mass is 169 g/mol. The van der Waals surface area contributed by atoms with E-state index in [1.807, 2.05) is 11.8 Å². The molecule has 1 rings (SSSR count). The van der Waals surface area contributed by atoms with Crippen LogP contribution in [0.4, 0.5) is 0 Å². The fourth-order valence-corrected chi connectivity index (χ4v) is 1.26. The van der Waals surface area contributed by atoms with Gasteiger partial charge in [-0.3, -0.25) is 10.2 Å². The topological polar surface area (TPSA) is 56.2 Å². The summed E-state index contributed by atoms with van der Waals surface area (Å²) in [4.78, 5) is 12.8. The fourth-order valence-electron chi connectivity index (χ4n) is 1.26. The Bertz CT molecular complexity index is 191. The highest BCUT2D eigenvalue weighted by atomic mass is 16.2. The normalized spacial score (nSPS) is 17.4. The van der Waals surface area contributed by atoms with Gasteiger partial charge in [0.05, 0.1) is 12.4 Å². The van der Waals surface area contributed by atoms with Crippen LogP contribution in [-0.2, 0) is 4.79 Å². The molecule has 0 saturated carbocycles. The van der Waals surface area contributed by atoms with Gasteiger partial charge in [-0.1, -0.05) is 6.92 Å². The summed E-state index contributed by atoms with van der Waals surface area (Å²) in [6.45, 7) is 3.85. The van der Waals surface area contributed by atoms with Gasteiger partial charge in [-0.2, -0.15) is 0 Å². The van der Waals surface area contributed by atoms with Crippen molar-refractivity contribution in [2.75, 3.05) is 19.6 Å². The highest BCUT2D eigenvalue weighted by Gasteiger charge is 2.17. The average Bonchev–Trinajstić information content (AvgIpc) is 2.05. The first-order chi connectivity index (χ1) is 5.74. The number of nitrogens with zero attached hydrogens (tertiary/aromatic N) is 1. The predicted octanol–water partition coefficient (Wildman–Crippen LogP) is 0.196. The van der Waals surface area contributed by atoms with Crippen LogP contribution < -0.4 is 5.32 Å². The Morgan fingerprint density at radius 2 is 2.50 bits per heavy atom. The Morgan fingerprint density at radius 3 is 3.08 bits per heavy atom. The first kappa shape index (κ1) is 9.03. The Labute approximate surface area is 72.4 Å². The van der Waals surface area contributed by atoms with E-state index in [0.29, 0.717) is 18.9 Å². The number of nitrogens with one attached hydrogen (secondary N) is 2. The first-order valence-electron chi connectivity index (χ1n) is 4.33. The molecule has 1 heterocycles. The predicted molar refractivity (Wildman–Crippen MR) is 47.2 cm³/mol. The maximum Gasteiger partial charge on any atom is 0.239 e. The van der Waals surface area contributed by atoms with Gasteiger partial charge < -0.3 is 10.2 Å². The molecular weight excluding hydrogens is 154 g/mol. The number of carbonyl (C=O) groups excluding carboxylic acids is 1. The van der Waals surface area contributed by atoms with E-state index in [1.54, 1.807) is 0 Å². The van der Waals surface area contributed by atoms with Crippen molar-refractivity contribution in [3.8, 4) is 0 Å². The minimum atomic E-state index is 0.0297. The summed E-state index contributed by atoms with van der Waals surface area (Å²) < 4.78 is 0. The summed E-state index contributed by atoms with van der Waals surface area (Å²) in [6, 6.07) is 0. The van der Waals surface area contributed by atoms with E-state index in [2.05, 4.69) is 5.32 Å². The number of hydrogen-bond donors (Lipinski definition) is 2. The van der Waals surface area contributed by atoms with Crippen LogP contribution in [0.25, 0.3) is 0 Å². The van der Waals surface area contributed by atoms with E-state index in [4.69, 9.17) is 5.41 Å². The van der Waals surface area contributed by atoms with Crippen LogP contribution in [0.1, 0.15) is 19.8 Å². The summed E-state index contributed by atoms with van der Waals surface area (Å²) in [6.07, 6.45) is 1.74. The van der Waals surface area contributed by atoms with E-state index in [-0.39, 0.29) is 5.91 Å². The molecule has 1 aliphatic heterocycles. The molecular formula is C8H15N3O. The molecule has 0 aromatic rings. The van der Waals surface area contributed by atoms with Crippen molar-refractivity contribution >= 4 is 11.7 Å². The number of amides is 1. The van der Waals surface area contributed by atoms with Crippen LogP contribution in [0, 0.1) is 5.41 Å². The van der Waals surface area contributed by atoms with Gasteiger partial charge in [-0.25, -0.2) is 0 Å². The van der Waals surface area contributed by atoms with Crippen molar-refractivity contribution in [3.63, 3.8) is 0 Å². The van der Waals surface area contributed by atoms with E-state index in [1.165, 1.54) is 0 Å². The maximum atomic E-state index is 10.9. The zero-order valence-electron chi connectivity index (χ0n) is 7.39. The van der Waals surface area contributed by atoms with Gasteiger partial charge in [-0.15, -0.1) is 0 Å². The molecule has 1 fully saturated rings. The zero-order valence-corrected chi connectivity index (χ0v) is 7.39. The minimum Gasteiger partial charge on any atom is -0.353 e. The van der Waals surface area contributed by atoms with Gasteiger partial charge in [-0.05, 0) is 6.42 Å². The number of piperazine rings is 1. The SMILES string of the molecule is CCCC(=N)N1CCNC(=O)C1. The molecule has 0 aliphatic carbocycles. The molecule has 0 aromatic heterocycles. The van der Waals surface area contributed by atoms with Crippen molar-refractivity contribution in [1.29, 1.82) is 5.41 Å². The molecule has 0 radical (unpaired) electrons. The van der Waals surface area contributed by atoms with Gasteiger partial charge >= 0.3 is 0 Å². The lowest BCUT2D eigenvalue weighted by molar-refractivity contribution is -0.122. The number of amidine groups is 1. The lowest BCUT2D eigenvalue weighted by Crippen LogP contribution is -2.49. The van der Waals surface area contributed by atoms with Crippen molar-refractivity contribution in [3.05, 3.63) is 0 Å². The highest BCUT2D eigenvalue weighted by Crippen LogP contribution is 1.99. The molecule has 0 bridgehead atoms. The molecule has 0 atom stereocenters. The third kappa shape index (κ3) is 2.22. The molecule has 4 heteroatoms. The van der Waals surface area contributed by atoms with Gasteiger partial charge in [0.1, 0.15) is 0 Å². The second-order valence-corrected chi connectivity index (χ2v) is 2.97. The lowest BCUT2D eigenvalue weighted by Gasteiger charge is -2.28. The summed E-state index contributed by atoms with van der Waals surface area (Å²) in [5.41, 5.74) is 0. The van der Waals surface area contributed by atoms with E-state index in [9.17, 15) is 4.79 Å². The zero-order chi connectivity index (χ0) is 8.97. The van der Waals surface area contributed by atoms with Crippen LogP contribution in [0.15, 0.2) is 0 Å². The van der Waals surface area contributed by atoms with Crippen LogP contribution in [0.2, 0.25) is 0 Å². The second-order valence-electron chi connectivity index (χ2n) is 2.97. The first-order valence-corrected chi connectivity index (χ1v) is 4.33. The van der Waals surface area contributed by atoms with Gasteiger partial charge in [0.15, 0.2) is 0 Å². The minimum absolute atomic E-state index is 0.0297. The number of hydrogen-bond acceptors (Lipinski definition) is 2. The lowest BCUT2D eigenvalue weighted by atomic mass is 10.2. The van der Waals surface area contributed by atoms with Crippen LogP contribution in [0.5, 0.6) is 0 Å². The standard InChI is InChI=1S/C8H15N3O/c1-2-3-7(9)11-5-4-10-8(12)6-11/h9H,2-6H2,1H3,(H,10,12). The summed E-state index contributed by atoms with van der Waals surface area (Å²) in [5.74, 6) is 0.620. The molecule has 68 valence electrons. The molecule has 12 heavy (non-hydrogen) atoms. The van der Waals surface area contributed by atoms with Crippen molar-refractivity contribution in [2.24, 2.45) is 0 Å². The van der Waals surface area contributed by atoms with Gasteiger partial charge in [0.25, 0.3) is 0 Å². The van der Waals surface area contributed by atoms with Gasteiger partial charge in [0.2, 0.25) is 5.91 Å². The molecule has 4 nitrogen and oxygen atoms in total. The van der Waals surface area contributed by atoms with Crippen LogP contribution >= 0.6 is 0 Å². The number of rotatable bonds is 2. The van der Waals surface area contributed by atoms with Crippen molar-refractivity contribution in [2.45, 2.75) is 19.8 Å². The third-order valence-corrected chi connectivity index (χ3v) is 1.91. The fraction of sp³-hybridized carbons (Fsp3) is 0.750. The van der Waals surface area contributed by atoms with Crippen molar-refractivity contribution in [1.82, 2.24) is 10.2 Å². The summed E-state index contributed by atoms with van der Waals surface area (Å²) in [5, 5.41) is 10.4. The van der Waals surface area contributed by atoms with Crippen LogP contribution in [0.3, 0.4) is 0 Å². The van der Waals surface area contributed by atoms with Crippen molar-refractivity contribution < 1.29 is 4.79 Å². The Balaban J connectivity index is 2.40. The Hall–Kier alpha value is -1.06. The average molecular weight is 169 g/mol. The quantitative estimate of drug-likeness (QED) is 0.458. The smallest absolute Gasteiger partial charge is 0.239 e. The number of carbonyl (C=O) groups is 1. The molecule has 1 aliphatic rings. The molecule has 0 spiro atoms. The van der Waals surface area contributed by atoms with Crippen LogP contribution in [-0.4, -0.2) is 36.3 Å². The van der Waals surface area contributed by atoms with Gasteiger partial charge in [0, 0.05) is 19.5 Å². The molecule has 1 amide bonds. The second kappa shape index (κ2) is 4.09. The third-order valence-electron chi connectivity index (χ3n) is 1.91. The molecule has 0 aromatic carbocycles. The summed E-state index contributed by atoms with van der Waals surface area (Å²) >= 11 is 0. The Kier molecular flexibility index (Phi) is 3.08. The molecule has 1 saturated heterocycles. The molecule has 0 unspecified atom stereocenters. The Morgan fingerprint density at radius 1 is 1.75 bits per heavy atom. The summed E-state index contributed by atoms with van der Waals surface area (Å²) in [7, 11) is 0. The van der Waals surface area contributed by atoms with E-state index in [0.717, 1.165) is 19.4 Å². The molecule has 2 N–H and O–H groups in total. The maximum absolute atomic E-state index is 10.9. The van der Waals surface area contributed by atoms with E-state index < -0.39 is 0 Å². The largest absolute Gasteiger partial charge is 0.353 e. The highest BCUT2D eigenvalue weighted by molar-refractivity contribution is 5.87.